The van der Waals surface area contributed by atoms with Crippen molar-refractivity contribution in [3.05, 3.63) is 52.9 Å². The predicted octanol–water partition coefficient (Wildman–Crippen LogP) is 3.39. The maximum atomic E-state index is 13.1. The third-order valence-electron chi connectivity index (χ3n) is 5.38. The smallest absolute Gasteiger partial charge is 0.251 e. The van der Waals surface area contributed by atoms with Crippen molar-refractivity contribution >= 4 is 27.5 Å². The molecule has 1 aliphatic heterocycles. The highest BCUT2D eigenvalue weighted by Crippen LogP contribution is 2.29. The molecule has 1 saturated heterocycles. The number of piperidine rings is 1. The zero-order valence-electron chi connectivity index (χ0n) is 17.5. The summed E-state index contributed by atoms with van der Waals surface area (Å²) in [5, 5.41) is 2.98. The Bertz CT molecular complexity index is 976. The molecule has 164 valence electrons. The second kappa shape index (κ2) is 9.51. The fourth-order valence-electron chi connectivity index (χ4n) is 3.66. The number of amides is 1. The maximum Gasteiger partial charge on any atom is 0.251 e. The number of carbonyl (C=O) groups is 1. The monoisotopic (exact) mass is 453 g/mol. The highest BCUT2D eigenvalue weighted by atomic mass is 35.5. The van der Waals surface area contributed by atoms with Crippen LogP contribution in [0.4, 0.5) is 0 Å². The fourth-order valence-corrected chi connectivity index (χ4v) is 5.75. The number of sulfonamides is 1. The van der Waals surface area contributed by atoms with Crippen LogP contribution >= 0.6 is 11.6 Å². The minimum absolute atomic E-state index is 0.0267. The summed E-state index contributed by atoms with van der Waals surface area (Å²) in [6, 6.07) is 7.87. The molecule has 1 N–H and O–H groups in total. The largest absolute Gasteiger partial charge is 0.468 e. The normalized spacial score (nSPS) is 19.0. The molecular formula is C21H28ClN3O4S. The number of likely N-dealkylation sites (N-methyl/N-ethyl adjacent to an activating group) is 1. The Morgan fingerprint density at radius 1 is 1.37 bits per heavy atom. The van der Waals surface area contributed by atoms with E-state index >= 15 is 0 Å². The SMILES string of the molecule is C[C@H]1CCCN(S(=O)(=O)c2cc(C(=O)NC[C@@H](c3ccco3)N(C)C)ccc2Cl)C1. The van der Waals surface area contributed by atoms with E-state index in [1.807, 2.05) is 32.0 Å². The second-order valence-electron chi connectivity index (χ2n) is 7.96. The van der Waals surface area contributed by atoms with E-state index in [1.165, 1.54) is 22.5 Å². The second-order valence-corrected chi connectivity index (χ2v) is 10.3. The molecule has 0 saturated carbocycles. The minimum Gasteiger partial charge on any atom is -0.468 e. The first-order valence-electron chi connectivity index (χ1n) is 9.98. The zero-order valence-corrected chi connectivity index (χ0v) is 19.0. The molecule has 0 aliphatic carbocycles. The van der Waals surface area contributed by atoms with Crippen molar-refractivity contribution in [2.24, 2.45) is 5.92 Å². The lowest BCUT2D eigenvalue weighted by molar-refractivity contribution is 0.0939. The summed E-state index contributed by atoms with van der Waals surface area (Å²) in [7, 11) is 0.0259. The molecule has 9 heteroatoms. The average Bonchev–Trinajstić information content (AvgIpc) is 3.22. The zero-order chi connectivity index (χ0) is 21.9. The number of nitrogens with one attached hydrogen (secondary N) is 1. The van der Waals surface area contributed by atoms with Gasteiger partial charge in [-0.2, -0.15) is 4.31 Å². The minimum atomic E-state index is -3.76. The Balaban J connectivity index is 1.78. The van der Waals surface area contributed by atoms with Gasteiger partial charge in [0.05, 0.1) is 17.3 Å². The number of furan rings is 1. The molecule has 0 bridgehead atoms. The molecule has 7 nitrogen and oxygen atoms in total. The third-order valence-corrected chi connectivity index (χ3v) is 7.73. The van der Waals surface area contributed by atoms with Gasteiger partial charge < -0.3 is 9.73 Å². The van der Waals surface area contributed by atoms with Gasteiger partial charge in [-0.15, -0.1) is 0 Å². The number of halogens is 1. The molecule has 3 rings (SSSR count). The van der Waals surface area contributed by atoms with Crippen molar-refractivity contribution < 1.29 is 17.6 Å². The number of nitrogens with zero attached hydrogens (tertiary/aromatic N) is 2. The molecule has 0 spiro atoms. The van der Waals surface area contributed by atoms with Crippen LogP contribution in [0.5, 0.6) is 0 Å². The van der Waals surface area contributed by atoms with Crippen LogP contribution in [0.15, 0.2) is 45.9 Å². The summed E-state index contributed by atoms with van der Waals surface area (Å²) < 4.78 is 33.2. The number of carbonyl (C=O) groups excluding carboxylic acids is 1. The summed E-state index contributed by atoms with van der Waals surface area (Å²) in [5.74, 6) is 0.663. The number of benzene rings is 1. The Morgan fingerprint density at radius 3 is 2.77 bits per heavy atom. The molecule has 2 atom stereocenters. The molecule has 1 amide bonds. The van der Waals surface area contributed by atoms with Crippen LogP contribution in [0.2, 0.25) is 5.02 Å². The fraction of sp³-hybridized carbons (Fsp3) is 0.476. The highest BCUT2D eigenvalue weighted by molar-refractivity contribution is 7.89. The van der Waals surface area contributed by atoms with Crippen molar-refractivity contribution in [2.75, 3.05) is 33.7 Å². The van der Waals surface area contributed by atoms with Crippen LogP contribution in [0.3, 0.4) is 0 Å². The predicted molar refractivity (Wildman–Crippen MR) is 116 cm³/mol. The van der Waals surface area contributed by atoms with Gasteiger partial charge in [0.25, 0.3) is 5.91 Å². The van der Waals surface area contributed by atoms with E-state index in [0.717, 1.165) is 18.6 Å². The maximum absolute atomic E-state index is 13.1. The Kier molecular flexibility index (Phi) is 7.23. The molecule has 0 radical (unpaired) electrons. The van der Waals surface area contributed by atoms with E-state index in [0.29, 0.717) is 25.6 Å². The Labute approximate surface area is 183 Å². The van der Waals surface area contributed by atoms with Gasteiger partial charge in [-0.1, -0.05) is 18.5 Å². The van der Waals surface area contributed by atoms with Crippen LogP contribution in [0, 0.1) is 5.92 Å². The highest BCUT2D eigenvalue weighted by Gasteiger charge is 2.31. The molecule has 1 fully saturated rings. The van der Waals surface area contributed by atoms with Crippen molar-refractivity contribution in [2.45, 2.75) is 30.7 Å². The Hall–Kier alpha value is -1.87. The van der Waals surface area contributed by atoms with Crippen LogP contribution in [-0.2, 0) is 10.0 Å². The van der Waals surface area contributed by atoms with Gasteiger partial charge in [0, 0.05) is 25.2 Å². The average molecular weight is 454 g/mol. The van der Waals surface area contributed by atoms with Gasteiger partial charge in [0.2, 0.25) is 10.0 Å². The lowest BCUT2D eigenvalue weighted by Crippen LogP contribution is -2.39. The van der Waals surface area contributed by atoms with E-state index in [9.17, 15) is 13.2 Å². The van der Waals surface area contributed by atoms with Gasteiger partial charge in [0.15, 0.2) is 0 Å². The van der Waals surface area contributed by atoms with Crippen molar-refractivity contribution in [3.63, 3.8) is 0 Å². The first kappa shape index (κ1) is 22.8. The Morgan fingerprint density at radius 2 is 2.13 bits per heavy atom. The summed E-state index contributed by atoms with van der Waals surface area (Å²) >= 11 is 6.22. The van der Waals surface area contributed by atoms with E-state index in [-0.39, 0.29) is 27.4 Å². The van der Waals surface area contributed by atoms with E-state index in [1.54, 1.807) is 12.3 Å². The number of rotatable bonds is 7. The van der Waals surface area contributed by atoms with Gasteiger partial charge >= 0.3 is 0 Å². The van der Waals surface area contributed by atoms with Gasteiger partial charge in [-0.3, -0.25) is 9.69 Å². The molecule has 1 aromatic heterocycles. The number of hydrogen-bond donors (Lipinski definition) is 1. The van der Waals surface area contributed by atoms with E-state index in [2.05, 4.69) is 5.32 Å². The van der Waals surface area contributed by atoms with Crippen molar-refractivity contribution in [3.8, 4) is 0 Å². The molecule has 30 heavy (non-hydrogen) atoms. The van der Waals surface area contributed by atoms with E-state index in [4.69, 9.17) is 16.0 Å². The van der Waals surface area contributed by atoms with Crippen LogP contribution in [-0.4, -0.2) is 57.3 Å². The lowest BCUT2D eigenvalue weighted by atomic mass is 10.0. The van der Waals surface area contributed by atoms with Gasteiger partial charge in [-0.25, -0.2) is 8.42 Å². The summed E-state index contributed by atoms with van der Waals surface area (Å²) in [5.41, 5.74) is 0.250. The lowest BCUT2D eigenvalue weighted by Gasteiger charge is -2.30. The third kappa shape index (κ3) is 5.06. The standard InChI is InChI=1S/C21H28ClN3O4S/c1-15-6-4-10-25(14-15)30(27,28)20-12-16(8-9-17(20)22)21(26)23-13-18(24(2)3)19-7-5-11-29-19/h5,7-9,11-12,15,18H,4,6,10,13-14H2,1-3H3,(H,23,26)/t15-,18-/m0/s1. The van der Waals surface area contributed by atoms with Gasteiger partial charge in [0.1, 0.15) is 10.7 Å². The topological polar surface area (TPSA) is 82.9 Å². The molecule has 2 aromatic rings. The van der Waals surface area contributed by atoms with E-state index < -0.39 is 10.0 Å². The molecule has 1 aliphatic rings. The molecule has 2 heterocycles. The van der Waals surface area contributed by atoms with Crippen molar-refractivity contribution in [1.29, 1.82) is 0 Å². The van der Waals surface area contributed by atoms with Crippen LogP contribution in [0.25, 0.3) is 0 Å². The number of hydrogen-bond acceptors (Lipinski definition) is 5. The first-order valence-corrected chi connectivity index (χ1v) is 11.8. The molecular weight excluding hydrogens is 426 g/mol. The summed E-state index contributed by atoms with van der Waals surface area (Å²) in [6.07, 6.45) is 3.41. The quantitative estimate of drug-likeness (QED) is 0.694. The van der Waals surface area contributed by atoms with Crippen molar-refractivity contribution in [1.82, 2.24) is 14.5 Å². The summed E-state index contributed by atoms with van der Waals surface area (Å²) in [6.45, 7) is 3.27. The molecule has 0 unspecified atom stereocenters. The first-order chi connectivity index (χ1) is 14.2. The van der Waals surface area contributed by atoms with Gasteiger partial charge in [-0.05, 0) is 63.2 Å². The molecule has 1 aromatic carbocycles. The summed E-state index contributed by atoms with van der Waals surface area (Å²) in [4.78, 5) is 14.7. The van der Waals surface area contributed by atoms with Crippen LogP contribution < -0.4 is 5.32 Å². The van der Waals surface area contributed by atoms with Crippen LogP contribution in [0.1, 0.15) is 41.9 Å².